The van der Waals surface area contributed by atoms with Crippen molar-refractivity contribution >= 4 is 11.9 Å². The van der Waals surface area contributed by atoms with Crippen LogP contribution in [-0.4, -0.2) is 55.7 Å². The number of carbonyl (C=O) groups is 2. The van der Waals surface area contributed by atoms with Crippen LogP contribution in [0.5, 0.6) is 11.5 Å². The number of carboxylic acid groups (broad SMARTS) is 1. The molecule has 4 saturated carbocycles. The lowest BCUT2D eigenvalue weighted by Gasteiger charge is -2.62. The number of aliphatic carboxylic acids is 1. The van der Waals surface area contributed by atoms with Gasteiger partial charge in [0.25, 0.3) is 0 Å². The molecule has 6 N–H and O–H groups in total. The summed E-state index contributed by atoms with van der Waals surface area (Å²) >= 11 is 0. The number of nitrogens with one attached hydrogen (secondary N) is 1. The summed E-state index contributed by atoms with van der Waals surface area (Å²) in [6.45, 7) is 7.07. The quantitative estimate of drug-likeness (QED) is 0.250. The van der Waals surface area contributed by atoms with Crippen LogP contribution in [0.3, 0.4) is 0 Å². The minimum atomic E-state index is -1.14. The predicted octanol–water partition coefficient (Wildman–Crippen LogP) is 4.62. The van der Waals surface area contributed by atoms with E-state index in [2.05, 4.69) is 26.1 Å². The van der Waals surface area contributed by atoms with Gasteiger partial charge in [-0.3, -0.25) is 4.79 Å². The molecule has 0 heterocycles. The van der Waals surface area contributed by atoms with Crippen molar-refractivity contribution in [2.45, 2.75) is 110 Å². The number of phenols is 2. The van der Waals surface area contributed by atoms with E-state index in [1.807, 2.05) is 0 Å². The van der Waals surface area contributed by atoms with Crippen molar-refractivity contribution in [2.24, 2.45) is 46.3 Å². The Labute approximate surface area is 243 Å². The van der Waals surface area contributed by atoms with Crippen molar-refractivity contribution in [1.29, 1.82) is 0 Å². The van der Waals surface area contributed by atoms with Gasteiger partial charge in [-0.25, -0.2) is 4.79 Å². The maximum atomic E-state index is 12.9. The Morgan fingerprint density at radius 2 is 1.68 bits per heavy atom. The highest BCUT2D eigenvalue weighted by atomic mass is 16.4. The van der Waals surface area contributed by atoms with Gasteiger partial charge in [0.15, 0.2) is 11.5 Å². The molecule has 1 aromatic rings. The van der Waals surface area contributed by atoms with Gasteiger partial charge in [0.1, 0.15) is 6.04 Å². The molecule has 11 atom stereocenters. The van der Waals surface area contributed by atoms with Crippen LogP contribution in [-0.2, 0) is 16.0 Å². The Kier molecular flexibility index (Phi) is 8.38. The predicted molar refractivity (Wildman–Crippen MR) is 154 cm³/mol. The fourth-order valence-electron chi connectivity index (χ4n) is 10.1. The third kappa shape index (κ3) is 5.58. The lowest BCUT2D eigenvalue weighted by Crippen LogP contribution is -2.58. The Morgan fingerprint density at radius 1 is 0.976 bits per heavy atom. The maximum absolute atomic E-state index is 12.9. The smallest absolute Gasteiger partial charge is 0.326 e. The van der Waals surface area contributed by atoms with Crippen LogP contribution in [0.1, 0.15) is 90.5 Å². The lowest BCUT2D eigenvalue weighted by molar-refractivity contribution is -0.174. The average Bonchev–Trinajstić information content (AvgIpc) is 3.27. The molecule has 0 saturated heterocycles. The van der Waals surface area contributed by atoms with Crippen molar-refractivity contribution in [3.63, 3.8) is 0 Å². The first-order chi connectivity index (χ1) is 19.3. The number of rotatable bonds is 8. The van der Waals surface area contributed by atoms with Crippen LogP contribution in [0.2, 0.25) is 0 Å². The fraction of sp³-hybridized carbons (Fsp3) is 0.758. The summed E-state index contributed by atoms with van der Waals surface area (Å²) in [7, 11) is 0. The van der Waals surface area contributed by atoms with Crippen LogP contribution in [0.25, 0.3) is 0 Å². The Bertz CT molecular complexity index is 1140. The van der Waals surface area contributed by atoms with Crippen molar-refractivity contribution in [2.75, 3.05) is 0 Å². The SMILES string of the molecule is CC(CCC(=O)NC(Cc1ccc(O)c(O)c1)C(=O)O)C1CCC2C3C(O)CC4CC(O)CCC4(C)C3CCC12C. The highest BCUT2D eigenvalue weighted by Gasteiger charge is 2.62. The zero-order chi connectivity index (χ0) is 29.7. The summed E-state index contributed by atoms with van der Waals surface area (Å²) in [5.74, 6) is 0.410. The van der Waals surface area contributed by atoms with Gasteiger partial charge in [-0.2, -0.15) is 0 Å². The van der Waals surface area contributed by atoms with E-state index >= 15 is 0 Å². The number of phenolic OH excluding ortho intramolecular Hbond substituents is 2. The van der Waals surface area contributed by atoms with E-state index in [9.17, 15) is 35.1 Å². The topological polar surface area (TPSA) is 147 Å². The minimum absolute atomic E-state index is 0.0104. The fourth-order valence-corrected chi connectivity index (χ4v) is 10.1. The lowest BCUT2D eigenvalue weighted by atomic mass is 9.43. The number of hydrogen-bond donors (Lipinski definition) is 6. The number of aromatic hydroxyl groups is 2. The van der Waals surface area contributed by atoms with E-state index in [4.69, 9.17) is 0 Å². The number of amides is 1. The zero-order valence-corrected chi connectivity index (χ0v) is 24.8. The number of aliphatic hydroxyl groups excluding tert-OH is 2. The molecule has 8 heteroatoms. The molecule has 5 rings (SSSR count). The Hall–Kier alpha value is -2.32. The van der Waals surface area contributed by atoms with Crippen molar-refractivity contribution < 1.29 is 35.1 Å². The van der Waals surface area contributed by atoms with Crippen molar-refractivity contribution in [3.05, 3.63) is 23.8 Å². The van der Waals surface area contributed by atoms with E-state index in [0.29, 0.717) is 47.5 Å². The van der Waals surface area contributed by atoms with E-state index in [-0.39, 0.29) is 53.3 Å². The molecule has 4 fully saturated rings. The number of hydrogen-bond acceptors (Lipinski definition) is 6. The average molecular weight is 572 g/mol. The molecule has 1 amide bonds. The maximum Gasteiger partial charge on any atom is 0.326 e. The molecule has 0 bridgehead atoms. The van der Waals surface area contributed by atoms with E-state index in [0.717, 1.165) is 51.4 Å². The van der Waals surface area contributed by atoms with Crippen molar-refractivity contribution in [3.8, 4) is 11.5 Å². The molecule has 41 heavy (non-hydrogen) atoms. The summed E-state index contributed by atoms with van der Waals surface area (Å²) in [5.41, 5.74) is 0.836. The second-order valence-electron chi connectivity index (χ2n) is 14.5. The summed E-state index contributed by atoms with van der Waals surface area (Å²) in [6, 6.07) is 3.03. The number of benzene rings is 1. The summed E-state index contributed by atoms with van der Waals surface area (Å²) in [5, 5.41) is 53.4. The van der Waals surface area contributed by atoms with Crippen molar-refractivity contribution in [1.82, 2.24) is 5.32 Å². The standard InChI is InChI=1S/C33H49NO7/c1-18(4-9-29(39)34-25(31(40)41)14-19-5-8-26(36)27(37)15-19)22-6-7-23-30-24(11-13-33(22,23)3)32(2)12-10-21(35)16-20(32)17-28(30)38/h5,8,15,18,20-25,28,30,35-38H,4,6-7,9-14,16-17H2,1-3H3,(H,34,39)(H,40,41). The van der Waals surface area contributed by atoms with Gasteiger partial charge in [0.05, 0.1) is 12.2 Å². The van der Waals surface area contributed by atoms with Gasteiger partial charge in [0.2, 0.25) is 5.91 Å². The molecule has 0 radical (unpaired) electrons. The molecule has 0 aliphatic heterocycles. The van der Waals surface area contributed by atoms with E-state index < -0.39 is 12.0 Å². The first-order valence-electron chi connectivity index (χ1n) is 15.7. The molecule has 11 unspecified atom stereocenters. The highest BCUT2D eigenvalue weighted by molar-refractivity contribution is 5.83. The number of carbonyl (C=O) groups excluding carboxylic acids is 1. The molecule has 1 aromatic carbocycles. The van der Waals surface area contributed by atoms with Gasteiger partial charge in [-0.05, 0) is 122 Å². The first-order valence-corrected chi connectivity index (χ1v) is 15.7. The van der Waals surface area contributed by atoms with Crippen LogP contribution >= 0.6 is 0 Å². The Morgan fingerprint density at radius 3 is 2.39 bits per heavy atom. The molecule has 4 aliphatic carbocycles. The minimum Gasteiger partial charge on any atom is -0.504 e. The highest BCUT2D eigenvalue weighted by Crippen LogP contribution is 2.68. The summed E-state index contributed by atoms with van der Waals surface area (Å²) in [4.78, 5) is 24.7. The van der Waals surface area contributed by atoms with Gasteiger partial charge in [-0.1, -0.05) is 26.8 Å². The number of fused-ring (bicyclic) bond motifs is 5. The van der Waals surface area contributed by atoms with Gasteiger partial charge >= 0.3 is 5.97 Å². The van der Waals surface area contributed by atoms with E-state index in [1.54, 1.807) is 0 Å². The third-order valence-corrected chi connectivity index (χ3v) is 12.4. The second-order valence-corrected chi connectivity index (χ2v) is 14.5. The molecule has 4 aliphatic rings. The molecular weight excluding hydrogens is 522 g/mol. The normalized spacial score (nSPS) is 39.6. The second kappa shape index (κ2) is 11.4. The summed E-state index contributed by atoms with van der Waals surface area (Å²) < 4.78 is 0. The zero-order valence-electron chi connectivity index (χ0n) is 24.8. The summed E-state index contributed by atoms with van der Waals surface area (Å²) in [6.07, 6.45) is 8.41. The molecule has 8 nitrogen and oxygen atoms in total. The van der Waals surface area contributed by atoms with Crippen LogP contribution in [0.15, 0.2) is 18.2 Å². The van der Waals surface area contributed by atoms with Crippen LogP contribution < -0.4 is 5.32 Å². The molecule has 228 valence electrons. The van der Waals surface area contributed by atoms with Crippen LogP contribution in [0, 0.1) is 46.3 Å². The largest absolute Gasteiger partial charge is 0.504 e. The molecular formula is C33H49NO7. The van der Waals surface area contributed by atoms with Gasteiger partial charge in [-0.15, -0.1) is 0 Å². The molecule has 0 aromatic heterocycles. The van der Waals surface area contributed by atoms with Crippen LogP contribution in [0.4, 0.5) is 0 Å². The van der Waals surface area contributed by atoms with E-state index in [1.165, 1.54) is 18.2 Å². The number of aliphatic hydroxyl groups is 2. The molecule has 0 spiro atoms. The van der Waals surface area contributed by atoms with Gasteiger partial charge < -0.3 is 30.8 Å². The monoisotopic (exact) mass is 571 g/mol. The first kappa shape index (κ1) is 30.1. The third-order valence-electron chi connectivity index (χ3n) is 12.4. The number of carboxylic acids is 1. The van der Waals surface area contributed by atoms with Gasteiger partial charge in [0, 0.05) is 12.8 Å². The Balaban J connectivity index is 1.20.